The van der Waals surface area contributed by atoms with Gasteiger partial charge in [-0.3, -0.25) is 5.84 Å². The van der Waals surface area contributed by atoms with E-state index < -0.39 is 0 Å². The van der Waals surface area contributed by atoms with E-state index in [1.54, 1.807) is 0 Å². The summed E-state index contributed by atoms with van der Waals surface area (Å²) in [7, 11) is 0. The fraction of sp³-hybridized carbons (Fsp3) is 0.0227. The Morgan fingerprint density at radius 2 is 1.10 bits per heavy atom. The van der Waals surface area contributed by atoms with E-state index in [9.17, 15) is 0 Å². The fourth-order valence-electron chi connectivity index (χ4n) is 6.76. The van der Waals surface area contributed by atoms with Gasteiger partial charge in [0.05, 0.1) is 11.4 Å². The van der Waals surface area contributed by atoms with Crippen LogP contribution in [0.2, 0.25) is 0 Å². The van der Waals surface area contributed by atoms with Crippen molar-refractivity contribution in [2.24, 2.45) is 16.6 Å². The number of hydrogen-bond acceptors (Lipinski definition) is 4. The summed E-state index contributed by atoms with van der Waals surface area (Å²) in [5.74, 6) is 5.73. The van der Waals surface area contributed by atoms with Crippen molar-refractivity contribution in [3.63, 3.8) is 0 Å². The highest BCUT2D eigenvalue weighted by Gasteiger charge is 2.21. The molecule has 0 fully saturated rings. The van der Waals surface area contributed by atoms with Crippen molar-refractivity contribution in [3.05, 3.63) is 220 Å². The van der Waals surface area contributed by atoms with Crippen molar-refractivity contribution in [3.8, 4) is 0 Å². The van der Waals surface area contributed by atoms with Gasteiger partial charge in [-0.15, -0.1) is 0 Å². The Kier molecular flexibility index (Phi) is 8.27. The third kappa shape index (κ3) is 5.96. The molecule has 0 saturated carbocycles. The smallest absolute Gasteiger partial charge is 0.0737 e. The van der Waals surface area contributed by atoms with Crippen LogP contribution in [-0.2, 0) is 0 Å². The van der Waals surface area contributed by atoms with Gasteiger partial charge in [0.2, 0.25) is 0 Å². The Morgan fingerprint density at radius 1 is 0.520 bits per heavy atom. The number of benzene rings is 4. The number of fused-ring (bicyclic) bond motifs is 5. The summed E-state index contributed by atoms with van der Waals surface area (Å²) in [6.45, 7) is 0. The number of H-pyrrole nitrogens is 2. The van der Waals surface area contributed by atoms with E-state index in [0.717, 1.165) is 83.7 Å². The van der Waals surface area contributed by atoms with Gasteiger partial charge in [0.15, 0.2) is 0 Å². The standard InChI is InChI=1S/C44H36N6/c45-35-18-10-17-34(29-11-4-1-5-12-29)36-23-24-38(47-36)44(32-19-21-33(50-46)22-20-32)41-28-27-40(49-41)43(31-15-8-3-9-16-31)39-26-25-37(48-39)42(35)30-13-6-2-7-14-30/h1-16,18-28,47-48,50H,17,45-46H2/b18-10-,36-34+,42-35-,43-40-,44-38-. The average Bonchev–Trinajstić information content (AvgIpc) is 3.95. The molecule has 0 amide bonds. The molecule has 6 nitrogen and oxygen atoms in total. The summed E-state index contributed by atoms with van der Waals surface area (Å²) in [5.41, 5.74) is 23.2. The lowest BCUT2D eigenvalue weighted by Gasteiger charge is -2.12. The van der Waals surface area contributed by atoms with Crippen molar-refractivity contribution in [2.45, 2.75) is 6.42 Å². The fourth-order valence-corrected chi connectivity index (χ4v) is 6.76. The summed E-state index contributed by atoms with van der Waals surface area (Å²) in [6, 6.07) is 47.8. The molecular weight excluding hydrogens is 613 g/mol. The lowest BCUT2D eigenvalue weighted by Crippen LogP contribution is -2.19. The van der Waals surface area contributed by atoms with E-state index in [0.29, 0.717) is 12.1 Å². The summed E-state index contributed by atoms with van der Waals surface area (Å²) in [6.07, 6.45) is 9.06. The molecule has 0 aliphatic carbocycles. The van der Waals surface area contributed by atoms with Gasteiger partial charge in [-0.25, -0.2) is 4.99 Å². The molecule has 6 aromatic rings. The lowest BCUT2D eigenvalue weighted by atomic mass is 9.99. The van der Waals surface area contributed by atoms with E-state index >= 15 is 0 Å². The van der Waals surface area contributed by atoms with Crippen molar-refractivity contribution in [1.82, 2.24) is 9.97 Å². The summed E-state index contributed by atoms with van der Waals surface area (Å²) >= 11 is 0. The molecule has 2 aliphatic rings. The maximum Gasteiger partial charge on any atom is 0.0737 e. The number of hydrazine groups is 1. The van der Waals surface area contributed by atoms with Gasteiger partial charge in [-0.1, -0.05) is 109 Å². The average molecular weight is 649 g/mol. The number of nitrogen functional groups attached to an aromatic ring is 1. The highest BCUT2D eigenvalue weighted by molar-refractivity contribution is 6.30. The Hall–Kier alpha value is -6.63. The minimum Gasteiger partial charge on any atom is -0.398 e. The molecule has 6 heteroatoms. The summed E-state index contributed by atoms with van der Waals surface area (Å²) in [4.78, 5) is 12.9. The molecule has 4 heterocycles. The van der Waals surface area contributed by atoms with Crippen LogP contribution in [0.15, 0.2) is 180 Å². The first-order valence-corrected chi connectivity index (χ1v) is 16.7. The Balaban J connectivity index is 1.44. The van der Waals surface area contributed by atoms with Gasteiger partial charge < -0.3 is 21.1 Å². The number of allylic oxidation sites excluding steroid dienone is 4. The predicted octanol–water partition coefficient (Wildman–Crippen LogP) is 7.17. The molecule has 4 aromatic carbocycles. The van der Waals surface area contributed by atoms with Crippen LogP contribution < -0.4 is 27.7 Å². The third-order valence-corrected chi connectivity index (χ3v) is 9.15. The minimum absolute atomic E-state index is 0.666. The molecule has 0 atom stereocenters. The van der Waals surface area contributed by atoms with Gasteiger partial charge in [0.1, 0.15) is 0 Å². The molecule has 0 saturated heterocycles. The zero-order chi connectivity index (χ0) is 33.9. The molecule has 0 spiro atoms. The van der Waals surface area contributed by atoms with E-state index in [2.05, 4.69) is 131 Å². The number of nitrogens with zero attached hydrogens (tertiary/aromatic N) is 1. The molecule has 50 heavy (non-hydrogen) atoms. The Bertz CT molecular complexity index is 2460. The maximum absolute atomic E-state index is 6.97. The number of nitrogens with two attached hydrogens (primary N) is 2. The molecule has 6 bridgehead atoms. The van der Waals surface area contributed by atoms with Gasteiger partial charge in [0.25, 0.3) is 0 Å². The largest absolute Gasteiger partial charge is 0.398 e. The van der Waals surface area contributed by atoms with Gasteiger partial charge >= 0.3 is 0 Å². The monoisotopic (exact) mass is 648 g/mol. The van der Waals surface area contributed by atoms with Crippen LogP contribution in [0.5, 0.6) is 0 Å². The second kappa shape index (κ2) is 13.5. The van der Waals surface area contributed by atoms with E-state index in [1.165, 1.54) is 0 Å². The van der Waals surface area contributed by atoms with Crippen LogP contribution in [-0.4, -0.2) is 15.7 Å². The minimum atomic E-state index is 0.666. The number of aromatic amines is 2. The Morgan fingerprint density at radius 3 is 1.76 bits per heavy atom. The Labute approximate surface area is 290 Å². The zero-order valence-electron chi connectivity index (χ0n) is 27.4. The first kappa shape index (κ1) is 30.7. The highest BCUT2D eigenvalue weighted by atomic mass is 15.2. The first-order valence-electron chi connectivity index (χ1n) is 16.7. The van der Waals surface area contributed by atoms with Crippen LogP contribution in [0.4, 0.5) is 5.69 Å². The van der Waals surface area contributed by atoms with Crippen molar-refractivity contribution in [1.29, 1.82) is 0 Å². The topological polar surface area (TPSA) is 108 Å². The molecule has 242 valence electrons. The third-order valence-electron chi connectivity index (χ3n) is 9.15. The van der Waals surface area contributed by atoms with Crippen molar-refractivity contribution in [2.75, 3.05) is 5.43 Å². The lowest BCUT2D eigenvalue weighted by molar-refractivity contribution is 1.21. The maximum atomic E-state index is 6.97. The van der Waals surface area contributed by atoms with E-state index in [4.69, 9.17) is 16.6 Å². The number of rotatable bonds is 5. The van der Waals surface area contributed by atoms with Gasteiger partial charge in [-0.2, -0.15) is 0 Å². The molecule has 8 rings (SSSR count). The predicted molar refractivity (Wildman–Crippen MR) is 206 cm³/mol. The second-order valence-corrected chi connectivity index (χ2v) is 12.3. The number of aromatic nitrogens is 2. The van der Waals surface area contributed by atoms with Crippen LogP contribution in [0, 0.1) is 0 Å². The SMILES string of the molecule is NNc1ccc(/C2=c3\cc/c([nH]3)=C(\c3ccccc3)C/C=C\C(N)=C(/c3ccccc3)c3ccc([nH]3)/C(c3ccccc3)=C3/C=CC2=N3)cc1. The summed E-state index contributed by atoms with van der Waals surface area (Å²) in [5, 5.41) is 2.00. The van der Waals surface area contributed by atoms with Crippen LogP contribution in [0.3, 0.4) is 0 Å². The molecule has 0 radical (unpaired) electrons. The van der Waals surface area contributed by atoms with Crippen molar-refractivity contribution >= 4 is 33.7 Å². The second-order valence-electron chi connectivity index (χ2n) is 12.3. The summed E-state index contributed by atoms with van der Waals surface area (Å²) < 4.78 is 0. The van der Waals surface area contributed by atoms with E-state index in [1.807, 2.05) is 48.5 Å². The number of aliphatic imine (C=N–C) groups is 1. The van der Waals surface area contributed by atoms with Crippen LogP contribution in [0.25, 0.3) is 22.3 Å². The molecular formula is C44H36N6. The van der Waals surface area contributed by atoms with Crippen LogP contribution >= 0.6 is 0 Å². The number of nitrogens with one attached hydrogen (secondary N) is 3. The molecule has 7 N–H and O–H groups in total. The number of anilines is 1. The van der Waals surface area contributed by atoms with E-state index in [-0.39, 0.29) is 0 Å². The molecule has 2 aromatic heterocycles. The highest BCUT2D eigenvalue weighted by Crippen LogP contribution is 2.34. The zero-order valence-corrected chi connectivity index (χ0v) is 27.4. The van der Waals surface area contributed by atoms with Crippen molar-refractivity contribution < 1.29 is 0 Å². The normalized spacial score (nSPS) is 20.3. The van der Waals surface area contributed by atoms with Crippen LogP contribution in [0.1, 0.15) is 40.1 Å². The first-order chi connectivity index (χ1) is 24.7. The molecule has 2 aliphatic heterocycles. The molecule has 0 unspecified atom stereocenters. The number of hydrogen-bond donors (Lipinski definition) is 5. The quantitative estimate of drug-likeness (QED) is 0.101. The van der Waals surface area contributed by atoms with Gasteiger partial charge in [0, 0.05) is 50.2 Å². The van der Waals surface area contributed by atoms with Gasteiger partial charge in [-0.05, 0) is 88.9 Å².